The Hall–Kier alpha value is -1.78. The Morgan fingerprint density at radius 1 is 1.43 bits per heavy atom. The highest BCUT2D eigenvalue weighted by Crippen LogP contribution is 2.33. The molecule has 3 heterocycles. The second kappa shape index (κ2) is 8.30. The number of amides is 1. The van der Waals surface area contributed by atoms with Crippen LogP contribution in [-0.4, -0.2) is 41.9 Å². The summed E-state index contributed by atoms with van der Waals surface area (Å²) in [5.74, 6) is 0.282. The number of nitrogens with zero attached hydrogens (tertiary/aromatic N) is 3. The zero-order valence-electron chi connectivity index (χ0n) is 16.6. The van der Waals surface area contributed by atoms with Crippen LogP contribution in [0.2, 0.25) is 0 Å². The largest absolute Gasteiger partial charge is 0.360 e. The number of rotatable bonds is 6. The second-order valence-electron chi connectivity index (χ2n) is 7.41. The number of thiazole rings is 1. The molecule has 1 aliphatic heterocycles. The Morgan fingerprint density at radius 3 is 2.82 bits per heavy atom. The summed E-state index contributed by atoms with van der Waals surface area (Å²) in [6, 6.07) is 0. The van der Waals surface area contributed by atoms with Crippen molar-refractivity contribution in [3.63, 3.8) is 0 Å². The average Bonchev–Trinajstić information content (AvgIpc) is 3.26. The van der Waals surface area contributed by atoms with Crippen molar-refractivity contribution in [3.05, 3.63) is 27.5 Å². The molecule has 1 aliphatic rings. The molecular weight excluding hydrogens is 400 g/mol. The van der Waals surface area contributed by atoms with Crippen molar-refractivity contribution in [3.8, 4) is 0 Å². The Morgan fingerprint density at radius 2 is 2.18 bits per heavy atom. The summed E-state index contributed by atoms with van der Waals surface area (Å²) in [7, 11) is -3.65. The fourth-order valence-electron chi connectivity index (χ4n) is 3.31. The van der Waals surface area contributed by atoms with Crippen LogP contribution >= 0.6 is 11.3 Å². The maximum Gasteiger partial charge on any atom is 0.248 e. The fraction of sp³-hybridized carbons (Fsp3) is 0.611. The molecule has 1 saturated heterocycles. The Balaban J connectivity index is 1.71. The van der Waals surface area contributed by atoms with Gasteiger partial charge in [-0.2, -0.15) is 4.31 Å². The van der Waals surface area contributed by atoms with Gasteiger partial charge in [-0.25, -0.2) is 13.4 Å². The van der Waals surface area contributed by atoms with Gasteiger partial charge in [0.05, 0.1) is 17.2 Å². The molecule has 28 heavy (non-hydrogen) atoms. The van der Waals surface area contributed by atoms with Crippen LogP contribution in [-0.2, 0) is 21.4 Å². The van der Waals surface area contributed by atoms with E-state index in [1.54, 1.807) is 13.8 Å². The number of hydrogen-bond acceptors (Lipinski definition) is 7. The molecule has 1 N–H and O–H groups in total. The van der Waals surface area contributed by atoms with E-state index in [1.807, 2.05) is 19.2 Å². The highest BCUT2D eigenvalue weighted by molar-refractivity contribution is 7.89. The minimum Gasteiger partial charge on any atom is -0.360 e. The van der Waals surface area contributed by atoms with E-state index >= 15 is 0 Å². The first kappa shape index (κ1) is 20.9. The standard InChI is InChI=1S/C18H26N4O4S2/c1-11(2)17(23)19-8-15-10-27-18(20-15)14-6-5-7-22(9-14)28(24,25)16-12(3)21-26-13(16)4/h10-11,14H,5-9H2,1-4H3,(H,19,23). The summed E-state index contributed by atoms with van der Waals surface area (Å²) in [4.78, 5) is 16.5. The maximum atomic E-state index is 13.1. The number of carbonyl (C=O) groups excluding carboxylic acids is 1. The van der Waals surface area contributed by atoms with Crippen LogP contribution in [0.5, 0.6) is 0 Å². The minimum atomic E-state index is -3.65. The van der Waals surface area contributed by atoms with Crippen LogP contribution in [0, 0.1) is 19.8 Å². The van der Waals surface area contributed by atoms with Crippen molar-refractivity contribution in [1.29, 1.82) is 0 Å². The summed E-state index contributed by atoms with van der Waals surface area (Å²) in [5.41, 5.74) is 1.19. The molecule has 2 aromatic heterocycles. The minimum absolute atomic E-state index is 0.0102. The van der Waals surface area contributed by atoms with Gasteiger partial charge in [-0.1, -0.05) is 19.0 Å². The number of hydrogen-bond donors (Lipinski definition) is 1. The van der Waals surface area contributed by atoms with Crippen LogP contribution in [0.25, 0.3) is 0 Å². The van der Waals surface area contributed by atoms with Crippen molar-refractivity contribution in [1.82, 2.24) is 19.8 Å². The lowest BCUT2D eigenvalue weighted by Gasteiger charge is -2.30. The predicted octanol–water partition coefficient (Wildman–Crippen LogP) is 2.59. The van der Waals surface area contributed by atoms with Gasteiger partial charge < -0.3 is 9.84 Å². The van der Waals surface area contributed by atoms with Crippen molar-refractivity contribution >= 4 is 27.3 Å². The molecule has 0 aliphatic carbocycles. The van der Waals surface area contributed by atoms with E-state index in [0.717, 1.165) is 23.5 Å². The van der Waals surface area contributed by atoms with Gasteiger partial charge in [0.2, 0.25) is 15.9 Å². The molecule has 1 fully saturated rings. The maximum absolute atomic E-state index is 13.1. The number of sulfonamides is 1. The predicted molar refractivity (Wildman–Crippen MR) is 106 cm³/mol. The third-order valence-corrected chi connectivity index (χ3v) is 8.00. The molecule has 10 heteroatoms. The molecule has 8 nitrogen and oxygen atoms in total. The molecular formula is C18H26N4O4S2. The summed E-state index contributed by atoms with van der Waals surface area (Å²) in [6.45, 7) is 8.20. The molecule has 0 aromatic carbocycles. The number of piperidine rings is 1. The molecule has 1 atom stereocenters. The number of aromatic nitrogens is 2. The van der Waals surface area contributed by atoms with Crippen LogP contribution < -0.4 is 5.32 Å². The summed E-state index contributed by atoms with van der Waals surface area (Å²) in [6.07, 6.45) is 1.66. The molecule has 1 unspecified atom stereocenters. The van der Waals surface area contributed by atoms with Gasteiger partial charge in [0.15, 0.2) is 5.76 Å². The summed E-state index contributed by atoms with van der Waals surface area (Å²) in [5, 5.41) is 9.48. The van der Waals surface area contributed by atoms with Gasteiger partial charge in [-0.15, -0.1) is 11.3 Å². The van der Waals surface area contributed by atoms with Gasteiger partial charge >= 0.3 is 0 Å². The number of aryl methyl sites for hydroxylation is 2. The Bertz CT molecular complexity index is 929. The van der Waals surface area contributed by atoms with Gasteiger partial charge in [0.1, 0.15) is 10.6 Å². The van der Waals surface area contributed by atoms with E-state index in [-0.39, 0.29) is 22.6 Å². The lowest BCUT2D eigenvalue weighted by atomic mass is 10.0. The third-order valence-electron chi connectivity index (χ3n) is 4.84. The lowest BCUT2D eigenvalue weighted by Crippen LogP contribution is -2.39. The van der Waals surface area contributed by atoms with Gasteiger partial charge in [-0.3, -0.25) is 4.79 Å². The van der Waals surface area contributed by atoms with E-state index in [1.165, 1.54) is 15.6 Å². The number of carbonyl (C=O) groups is 1. The Labute approximate surface area is 169 Å². The smallest absolute Gasteiger partial charge is 0.248 e. The fourth-order valence-corrected chi connectivity index (χ4v) is 6.07. The summed E-state index contributed by atoms with van der Waals surface area (Å²) < 4.78 is 32.7. The number of nitrogens with one attached hydrogen (secondary N) is 1. The highest BCUT2D eigenvalue weighted by Gasteiger charge is 2.35. The van der Waals surface area contributed by atoms with Gasteiger partial charge in [0.25, 0.3) is 0 Å². The monoisotopic (exact) mass is 426 g/mol. The second-order valence-corrected chi connectivity index (χ2v) is 10.2. The average molecular weight is 427 g/mol. The van der Waals surface area contributed by atoms with Crippen LogP contribution in [0.4, 0.5) is 0 Å². The third kappa shape index (κ3) is 4.28. The topological polar surface area (TPSA) is 105 Å². The quantitative estimate of drug-likeness (QED) is 0.761. The van der Waals surface area contributed by atoms with E-state index < -0.39 is 10.0 Å². The zero-order valence-corrected chi connectivity index (χ0v) is 18.2. The molecule has 0 bridgehead atoms. The first-order valence-electron chi connectivity index (χ1n) is 9.35. The van der Waals surface area contributed by atoms with E-state index in [9.17, 15) is 13.2 Å². The van der Waals surface area contributed by atoms with Gasteiger partial charge in [-0.05, 0) is 26.7 Å². The first-order valence-corrected chi connectivity index (χ1v) is 11.7. The van der Waals surface area contributed by atoms with E-state index in [2.05, 4.69) is 15.5 Å². The van der Waals surface area contributed by atoms with Crippen LogP contribution in [0.3, 0.4) is 0 Å². The molecule has 0 radical (unpaired) electrons. The molecule has 2 aromatic rings. The normalized spacial score (nSPS) is 18.5. The summed E-state index contributed by atoms with van der Waals surface area (Å²) >= 11 is 1.52. The molecule has 154 valence electrons. The molecule has 0 saturated carbocycles. The van der Waals surface area contributed by atoms with Crippen LogP contribution in [0.1, 0.15) is 54.8 Å². The lowest BCUT2D eigenvalue weighted by molar-refractivity contribution is -0.124. The van der Waals surface area contributed by atoms with Crippen molar-refractivity contribution < 1.29 is 17.7 Å². The molecule has 3 rings (SSSR count). The van der Waals surface area contributed by atoms with E-state index in [4.69, 9.17) is 4.52 Å². The van der Waals surface area contributed by atoms with Crippen LogP contribution in [0.15, 0.2) is 14.8 Å². The first-order chi connectivity index (χ1) is 13.2. The zero-order chi connectivity index (χ0) is 20.5. The van der Waals surface area contributed by atoms with Crippen molar-refractivity contribution in [2.75, 3.05) is 13.1 Å². The van der Waals surface area contributed by atoms with Crippen molar-refractivity contribution in [2.24, 2.45) is 5.92 Å². The SMILES string of the molecule is Cc1noc(C)c1S(=O)(=O)N1CCCC(c2nc(CNC(=O)C(C)C)cs2)C1. The molecule has 1 amide bonds. The van der Waals surface area contributed by atoms with E-state index in [0.29, 0.717) is 31.1 Å². The van der Waals surface area contributed by atoms with Gasteiger partial charge in [0, 0.05) is 30.3 Å². The Kier molecular flexibility index (Phi) is 6.21. The molecule has 0 spiro atoms. The van der Waals surface area contributed by atoms with Crippen molar-refractivity contribution in [2.45, 2.75) is 57.9 Å². The highest BCUT2D eigenvalue weighted by atomic mass is 32.2.